The first-order chi connectivity index (χ1) is 11.8. The topological polar surface area (TPSA) is 85.8 Å². The van der Waals surface area contributed by atoms with Crippen molar-refractivity contribution in [2.75, 3.05) is 5.43 Å². The molecule has 0 bridgehead atoms. The molecule has 0 radical (unpaired) electrons. The summed E-state index contributed by atoms with van der Waals surface area (Å²) in [5.74, 6) is 0.957. The van der Waals surface area contributed by atoms with Crippen LogP contribution in [0.5, 0.6) is 0 Å². The lowest BCUT2D eigenvalue weighted by Crippen LogP contribution is -2.16. The van der Waals surface area contributed by atoms with Gasteiger partial charge < -0.3 is 5.43 Å². The number of aromatic nitrogens is 7. The predicted molar refractivity (Wildman–Crippen MR) is 90.3 cm³/mol. The molecule has 1 aliphatic rings. The first kappa shape index (κ1) is 13.7. The number of hydrogen-bond donors (Lipinski definition) is 1. The highest BCUT2D eigenvalue weighted by Gasteiger charge is 2.30. The molecule has 1 aromatic carbocycles. The van der Waals surface area contributed by atoms with Crippen LogP contribution in [0.3, 0.4) is 0 Å². The quantitative estimate of drug-likeness (QED) is 0.612. The molecule has 1 N–H and O–H groups in total. The van der Waals surface area contributed by atoms with Crippen molar-refractivity contribution in [2.24, 2.45) is 0 Å². The smallest absolute Gasteiger partial charge is 0.212 e. The summed E-state index contributed by atoms with van der Waals surface area (Å²) in [6.45, 7) is 2.13. The van der Waals surface area contributed by atoms with E-state index >= 15 is 0 Å². The van der Waals surface area contributed by atoms with Crippen LogP contribution in [0, 0.1) is 0 Å². The third-order valence-corrected chi connectivity index (χ3v) is 5.20. The number of tetrazole rings is 1. The van der Waals surface area contributed by atoms with Gasteiger partial charge in [0.05, 0.1) is 5.52 Å². The van der Waals surface area contributed by atoms with Gasteiger partial charge in [-0.1, -0.05) is 36.9 Å². The summed E-state index contributed by atoms with van der Waals surface area (Å²) in [5, 5.41) is 22.7. The summed E-state index contributed by atoms with van der Waals surface area (Å²) in [4.78, 5) is 0. The highest BCUT2D eigenvalue weighted by atomic mass is 32.2. The number of nitrogens with zero attached hydrogens (tertiary/aromatic N) is 7. The van der Waals surface area contributed by atoms with E-state index < -0.39 is 0 Å². The first-order valence-corrected chi connectivity index (χ1v) is 8.70. The van der Waals surface area contributed by atoms with E-state index in [0.717, 1.165) is 45.9 Å². The molecule has 9 heteroatoms. The van der Waals surface area contributed by atoms with Crippen LogP contribution in [0.2, 0.25) is 0 Å². The number of aryl methyl sites for hydroxylation is 1. The third kappa shape index (κ3) is 1.91. The zero-order valence-corrected chi connectivity index (χ0v) is 13.7. The fourth-order valence-electron chi connectivity index (χ4n) is 3.03. The van der Waals surface area contributed by atoms with Crippen LogP contribution < -0.4 is 5.43 Å². The lowest BCUT2D eigenvalue weighted by molar-refractivity contribution is 0.715. The van der Waals surface area contributed by atoms with E-state index in [1.807, 2.05) is 22.9 Å². The molecule has 0 spiro atoms. The second kappa shape index (κ2) is 5.17. The Kier molecular flexibility index (Phi) is 2.96. The molecule has 120 valence electrons. The molecule has 3 aromatic heterocycles. The highest BCUT2D eigenvalue weighted by Crippen LogP contribution is 2.40. The molecule has 8 nitrogen and oxygen atoms in total. The van der Waals surface area contributed by atoms with Crippen LogP contribution in [-0.4, -0.2) is 34.9 Å². The molecule has 4 aromatic rings. The van der Waals surface area contributed by atoms with E-state index in [9.17, 15) is 0 Å². The van der Waals surface area contributed by atoms with Crippen LogP contribution in [0.4, 0.5) is 0 Å². The van der Waals surface area contributed by atoms with Crippen LogP contribution in [-0.2, 0) is 6.42 Å². The number of nitrogens with one attached hydrogen (secondary N) is 1. The molecule has 0 unspecified atom stereocenters. The van der Waals surface area contributed by atoms with Gasteiger partial charge in [0, 0.05) is 17.4 Å². The summed E-state index contributed by atoms with van der Waals surface area (Å²) >= 11 is 1.63. The molecule has 5 rings (SSSR count). The maximum atomic E-state index is 4.28. The Hall–Kier alpha value is -2.68. The monoisotopic (exact) mass is 338 g/mol. The number of rotatable bonds is 3. The zero-order valence-electron chi connectivity index (χ0n) is 12.9. The summed E-state index contributed by atoms with van der Waals surface area (Å²) < 4.78 is 3.77. The van der Waals surface area contributed by atoms with Crippen molar-refractivity contribution in [1.82, 2.24) is 34.9 Å². The lowest BCUT2D eigenvalue weighted by atomic mass is 10.1. The van der Waals surface area contributed by atoms with Crippen molar-refractivity contribution in [2.45, 2.75) is 30.3 Å². The van der Waals surface area contributed by atoms with Crippen molar-refractivity contribution in [1.29, 1.82) is 0 Å². The molecule has 1 aliphatic heterocycles. The molecule has 4 heterocycles. The van der Waals surface area contributed by atoms with E-state index in [4.69, 9.17) is 0 Å². The largest absolute Gasteiger partial charge is 0.304 e. The van der Waals surface area contributed by atoms with Crippen LogP contribution in [0.1, 0.15) is 30.1 Å². The van der Waals surface area contributed by atoms with Gasteiger partial charge in [-0.2, -0.15) is 4.52 Å². The number of thioether (sulfide) groups is 1. The Morgan fingerprint density at radius 2 is 2.12 bits per heavy atom. The van der Waals surface area contributed by atoms with Gasteiger partial charge in [0.25, 0.3) is 0 Å². The molecular weight excluding hydrogens is 324 g/mol. The SMILES string of the molecule is CCCc1nnc2n1N[C@H](c1cc3ccccc3n3nnnc13)S2. The van der Waals surface area contributed by atoms with Gasteiger partial charge in [-0.25, -0.2) is 4.68 Å². The number of para-hydroxylation sites is 1. The van der Waals surface area contributed by atoms with Crippen LogP contribution in [0.15, 0.2) is 35.5 Å². The van der Waals surface area contributed by atoms with Gasteiger partial charge in [-0.05, 0) is 29.0 Å². The maximum Gasteiger partial charge on any atom is 0.212 e. The number of hydrogen-bond acceptors (Lipinski definition) is 7. The van der Waals surface area contributed by atoms with Gasteiger partial charge in [0.15, 0.2) is 11.5 Å². The van der Waals surface area contributed by atoms with E-state index in [0.29, 0.717) is 0 Å². The molecule has 0 aliphatic carbocycles. The molecule has 0 saturated carbocycles. The minimum absolute atomic E-state index is 0.00390. The summed E-state index contributed by atoms with van der Waals surface area (Å²) in [7, 11) is 0. The molecule has 1 atom stereocenters. The molecule has 0 amide bonds. The molecule has 0 fully saturated rings. The normalized spacial score (nSPS) is 16.6. The van der Waals surface area contributed by atoms with E-state index in [1.54, 1.807) is 16.3 Å². The van der Waals surface area contributed by atoms with Gasteiger partial charge >= 0.3 is 0 Å². The van der Waals surface area contributed by atoms with E-state index in [1.165, 1.54) is 0 Å². The predicted octanol–water partition coefficient (Wildman–Crippen LogP) is 2.17. The average molecular weight is 338 g/mol. The highest BCUT2D eigenvalue weighted by molar-refractivity contribution is 7.99. The summed E-state index contributed by atoms with van der Waals surface area (Å²) in [6.07, 6.45) is 1.93. The molecule has 0 saturated heterocycles. The third-order valence-electron chi connectivity index (χ3n) is 4.13. The Balaban J connectivity index is 1.63. The van der Waals surface area contributed by atoms with Crippen molar-refractivity contribution < 1.29 is 0 Å². The van der Waals surface area contributed by atoms with E-state index in [2.05, 4.69) is 50.2 Å². The van der Waals surface area contributed by atoms with Crippen molar-refractivity contribution in [3.8, 4) is 0 Å². The van der Waals surface area contributed by atoms with Crippen LogP contribution in [0.25, 0.3) is 16.6 Å². The van der Waals surface area contributed by atoms with E-state index in [-0.39, 0.29) is 5.37 Å². The number of benzene rings is 1. The standard InChI is InChI=1S/C15H14N8S/c1-2-5-12-16-18-15-23(12)19-14(24-15)10-8-9-6-3-4-7-11(9)22-13(10)17-20-21-22/h3-4,6-8,14,19H,2,5H2,1H3/t14-/m0/s1. The zero-order chi connectivity index (χ0) is 16.1. The van der Waals surface area contributed by atoms with Gasteiger partial charge in [-0.15, -0.1) is 15.3 Å². The fourth-order valence-corrected chi connectivity index (χ4v) is 4.05. The fraction of sp³-hybridized carbons (Fsp3) is 0.267. The Bertz CT molecular complexity index is 1050. The van der Waals surface area contributed by atoms with Gasteiger partial charge in [-0.3, -0.25) is 0 Å². The second-order valence-corrected chi connectivity index (χ2v) is 6.76. The van der Waals surface area contributed by atoms with Crippen molar-refractivity contribution >= 4 is 28.3 Å². The molecule has 24 heavy (non-hydrogen) atoms. The van der Waals surface area contributed by atoms with Gasteiger partial charge in [0.1, 0.15) is 5.37 Å². The van der Waals surface area contributed by atoms with Crippen LogP contribution >= 0.6 is 11.8 Å². The Morgan fingerprint density at radius 1 is 1.21 bits per heavy atom. The lowest BCUT2D eigenvalue weighted by Gasteiger charge is -2.13. The number of fused-ring (bicyclic) bond motifs is 4. The average Bonchev–Trinajstić information content (AvgIpc) is 3.31. The van der Waals surface area contributed by atoms with Crippen molar-refractivity contribution in [3.05, 3.63) is 41.7 Å². The maximum absolute atomic E-state index is 4.28. The summed E-state index contributed by atoms with van der Waals surface area (Å²) in [6, 6.07) is 10.2. The minimum Gasteiger partial charge on any atom is -0.304 e. The Labute approximate surface area is 141 Å². The minimum atomic E-state index is 0.00390. The number of pyridine rings is 1. The van der Waals surface area contributed by atoms with Crippen molar-refractivity contribution in [3.63, 3.8) is 0 Å². The Morgan fingerprint density at radius 3 is 3.04 bits per heavy atom. The first-order valence-electron chi connectivity index (χ1n) is 7.82. The second-order valence-electron chi connectivity index (χ2n) is 5.68. The summed E-state index contributed by atoms with van der Waals surface area (Å²) in [5.41, 5.74) is 6.27. The van der Waals surface area contributed by atoms with Gasteiger partial charge in [0.2, 0.25) is 5.16 Å². The molecular formula is C15H14N8S.